The van der Waals surface area contributed by atoms with Gasteiger partial charge in [-0.2, -0.15) is 0 Å². The summed E-state index contributed by atoms with van der Waals surface area (Å²) in [5, 5.41) is 2.99. The number of carbonyl (C=O) groups is 2. The van der Waals surface area contributed by atoms with Crippen LogP contribution in [0, 0.1) is 0 Å². The third-order valence-corrected chi connectivity index (χ3v) is 7.31. The topological polar surface area (TPSA) is 96.0 Å². The number of fused-ring (bicyclic) bond motifs is 1. The second-order valence-corrected chi connectivity index (χ2v) is 9.93. The summed E-state index contributed by atoms with van der Waals surface area (Å²) in [4.78, 5) is 27.4. The molecule has 0 radical (unpaired) electrons. The molecule has 0 saturated carbocycles. The van der Waals surface area contributed by atoms with Crippen molar-refractivity contribution in [2.45, 2.75) is 38.3 Å². The number of methoxy groups -OCH3 is 1. The van der Waals surface area contributed by atoms with E-state index in [0.29, 0.717) is 24.4 Å². The molecule has 0 spiro atoms. The first-order valence-electron chi connectivity index (χ1n) is 9.91. The minimum Gasteiger partial charge on any atom is -0.383 e. The van der Waals surface area contributed by atoms with Gasteiger partial charge in [0.15, 0.2) is 0 Å². The number of hydrogen-bond donors (Lipinski definition) is 1. The summed E-state index contributed by atoms with van der Waals surface area (Å²) in [5.41, 5.74) is 1.74. The van der Waals surface area contributed by atoms with Crippen molar-refractivity contribution in [3.8, 4) is 0 Å². The van der Waals surface area contributed by atoms with Gasteiger partial charge in [-0.3, -0.25) is 14.5 Å². The zero-order valence-electron chi connectivity index (χ0n) is 17.1. The maximum Gasteiger partial charge on any atom is 0.253 e. The Morgan fingerprint density at radius 3 is 2.59 bits per heavy atom. The lowest BCUT2D eigenvalue weighted by atomic mass is 10.0. The Morgan fingerprint density at radius 2 is 1.97 bits per heavy atom. The van der Waals surface area contributed by atoms with Crippen molar-refractivity contribution in [1.82, 2.24) is 14.5 Å². The smallest absolute Gasteiger partial charge is 0.253 e. The maximum absolute atomic E-state index is 12.9. The van der Waals surface area contributed by atoms with E-state index in [0.717, 1.165) is 4.31 Å². The SMILES string of the molecule is COCCN1C(=O)[C@@H]2C[C@H](NC(=O)c3ccc(C(C)C)cc3)CN2CCS1(=O)=O. The first-order chi connectivity index (χ1) is 13.7. The molecule has 0 bridgehead atoms. The van der Waals surface area contributed by atoms with Crippen LogP contribution in [0.4, 0.5) is 0 Å². The molecule has 0 aromatic heterocycles. The largest absolute Gasteiger partial charge is 0.383 e. The molecule has 1 aromatic carbocycles. The highest BCUT2D eigenvalue weighted by molar-refractivity contribution is 7.89. The Morgan fingerprint density at radius 1 is 1.28 bits per heavy atom. The second-order valence-electron chi connectivity index (χ2n) is 7.91. The van der Waals surface area contributed by atoms with Crippen molar-refractivity contribution < 1.29 is 22.7 Å². The molecule has 1 N–H and O–H groups in total. The predicted molar refractivity (Wildman–Crippen MR) is 109 cm³/mol. The molecule has 2 aliphatic heterocycles. The predicted octanol–water partition coefficient (Wildman–Crippen LogP) is 0.801. The molecule has 0 aliphatic carbocycles. The van der Waals surface area contributed by atoms with E-state index in [4.69, 9.17) is 4.74 Å². The van der Waals surface area contributed by atoms with Crippen LogP contribution in [0.5, 0.6) is 0 Å². The van der Waals surface area contributed by atoms with E-state index in [9.17, 15) is 18.0 Å². The normalized spacial score (nSPS) is 24.4. The highest BCUT2D eigenvalue weighted by Gasteiger charge is 2.45. The van der Waals surface area contributed by atoms with Crippen molar-refractivity contribution in [3.63, 3.8) is 0 Å². The molecule has 0 unspecified atom stereocenters. The van der Waals surface area contributed by atoms with Gasteiger partial charge in [0.2, 0.25) is 10.0 Å². The van der Waals surface area contributed by atoms with Crippen LogP contribution < -0.4 is 5.32 Å². The number of hydrogen-bond acceptors (Lipinski definition) is 6. The van der Waals surface area contributed by atoms with Crippen LogP contribution >= 0.6 is 0 Å². The standard InChI is InChI=1S/C20H29N3O5S/c1-14(2)15-4-6-16(7-5-15)19(24)21-17-12-18-20(25)23(8-10-28-3)29(26,27)11-9-22(18)13-17/h4-7,14,17-18H,8-13H2,1-3H3,(H,21,24)/t17-,18-/m0/s1. The van der Waals surface area contributed by atoms with Crippen LogP contribution in [0.2, 0.25) is 0 Å². The van der Waals surface area contributed by atoms with Gasteiger partial charge in [0, 0.05) is 31.8 Å². The van der Waals surface area contributed by atoms with Crippen LogP contribution in [0.25, 0.3) is 0 Å². The Kier molecular flexibility index (Phi) is 6.60. The van der Waals surface area contributed by atoms with Crippen LogP contribution in [0.15, 0.2) is 24.3 Å². The second kappa shape index (κ2) is 8.81. The molecule has 2 aliphatic rings. The van der Waals surface area contributed by atoms with Crippen molar-refractivity contribution >= 4 is 21.8 Å². The Labute approximate surface area is 172 Å². The van der Waals surface area contributed by atoms with Crippen LogP contribution in [-0.2, 0) is 19.6 Å². The van der Waals surface area contributed by atoms with Gasteiger partial charge in [-0.25, -0.2) is 12.7 Å². The Bertz CT molecular complexity index is 853. The Hall–Kier alpha value is -1.97. The van der Waals surface area contributed by atoms with Gasteiger partial charge in [0.25, 0.3) is 11.8 Å². The number of amides is 2. The lowest BCUT2D eigenvalue weighted by Crippen LogP contribution is -2.45. The molecule has 160 valence electrons. The fraction of sp³-hybridized carbons (Fsp3) is 0.600. The van der Waals surface area contributed by atoms with Crippen molar-refractivity contribution in [1.29, 1.82) is 0 Å². The third-order valence-electron chi connectivity index (χ3n) is 5.58. The number of sulfonamides is 1. The molecular formula is C20H29N3O5S. The van der Waals surface area contributed by atoms with E-state index < -0.39 is 22.0 Å². The monoisotopic (exact) mass is 423 g/mol. The lowest BCUT2D eigenvalue weighted by molar-refractivity contribution is -0.131. The van der Waals surface area contributed by atoms with E-state index in [1.807, 2.05) is 29.2 Å². The molecule has 1 aromatic rings. The first-order valence-corrected chi connectivity index (χ1v) is 11.5. The van der Waals surface area contributed by atoms with Crippen LogP contribution in [0.3, 0.4) is 0 Å². The molecule has 2 fully saturated rings. The van der Waals surface area contributed by atoms with Gasteiger partial charge in [-0.05, 0) is 30.0 Å². The van der Waals surface area contributed by atoms with E-state index in [1.54, 1.807) is 0 Å². The molecule has 2 amide bonds. The molecule has 29 heavy (non-hydrogen) atoms. The first kappa shape index (κ1) is 21.7. The summed E-state index contributed by atoms with van der Waals surface area (Å²) in [6.07, 6.45) is 0.396. The van der Waals surface area contributed by atoms with Crippen molar-refractivity contribution in [2.24, 2.45) is 0 Å². The summed E-state index contributed by atoms with van der Waals surface area (Å²) in [6.45, 7) is 5.10. The minimum absolute atomic E-state index is 0.0151. The van der Waals surface area contributed by atoms with Crippen LogP contribution in [0.1, 0.15) is 42.1 Å². The lowest BCUT2D eigenvalue weighted by Gasteiger charge is -2.23. The van der Waals surface area contributed by atoms with E-state index in [1.165, 1.54) is 12.7 Å². The third kappa shape index (κ3) is 4.79. The molecule has 2 atom stereocenters. The number of carbonyl (C=O) groups excluding carboxylic acids is 2. The van der Waals surface area contributed by atoms with E-state index >= 15 is 0 Å². The highest BCUT2D eigenvalue weighted by Crippen LogP contribution is 2.25. The number of nitrogens with zero attached hydrogens (tertiary/aromatic N) is 2. The summed E-state index contributed by atoms with van der Waals surface area (Å²) in [7, 11) is -2.18. The fourth-order valence-corrected chi connectivity index (χ4v) is 5.30. The summed E-state index contributed by atoms with van der Waals surface area (Å²) in [5.74, 6) is -0.335. The number of ether oxygens (including phenoxy) is 1. The van der Waals surface area contributed by atoms with E-state index in [-0.39, 0.29) is 37.4 Å². The van der Waals surface area contributed by atoms with Gasteiger partial charge in [-0.1, -0.05) is 26.0 Å². The van der Waals surface area contributed by atoms with Gasteiger partial charge in [0.1, 0.15) is 0 Å². The molecule has 2 heterocycles. The van der Waals surface area contributed by atoms with Gasteiger partial charge < -0.3 is 10.1 Å². The van der Waals surface area contributed by atoms with Crippen LogP contribution in [-0.4, -0.2) is 80.6 Å². The average Bonchev–Trinajstić information content (AvgIpc) is 3.05. The van der Waals surface area contributed by atoms with Crippen molar-refractivity contribution in [3.05, 3.63) is 35.4 Å². The summed E-state index contributed by atoms with van der Waals surface area (Å²) in [6, 6.07) is 6.77. The fourth-order valence-electron chi connectivity index (χ4n) is 3.87. The zero-order chi connectivity index (χ0) is 21.2. The summed E-state index contributed by atoms with van der Waals surface area (Å²) >= 11 is 0. The average molecular weight is 424 g/mol. The molecular weight excluding hydrogens is 394 g/mol. The van der Waals surface area contributed by atoms with Gasteiger partial charge >= 0.3 is 0 Å². The van der Waals surface area contributed by atoms with Crippen molar-refractivity contribution in [2.75, 3.05) is 39.1 Å². The minimum atomic E-state index is -3.64. The highest BCUT2D eigenvalue weighted by atomic mass is 32.2. The number of rotatable bonds is 6. The molecule has 9 heteroatoms. The summed E-state index contributed by atoms with van der Waals surface area (Å²) < 4.78 is 30.7. The quantitative estimate of drug-likeness (QED) is 0.727. The number of benzene rings is 1. The number of nitrogens with one attached hydrogen (secondary N) is 1. The molecule has 2 saturated heterocycles. The molecule has 3 rings (SSSR count). The van der Waals surface area contributed by atoms with Gasteiger partial charge in [0.05, 0.1) is 24.9 Å². The van der Waals surface area contributed by atoms with Gasteiger partial charge in [-0.15, -0.1) is 0 Å². The Balaban J connectivity index is 1.67. The zero-order valence-corrected chi connectivity index (χ0v) is 17.9. The maximum atomic E-state index is 12.9. The molecule has 8 nitrogen and oxygen atoms in total. The van der Waals surface area contributed by atoms with E-state index in [2.05, 4.69) is 19.2 Å².